The van der Waals surface area contributed by atoms with Crippen LogP contribution in [0.4, 0.5) is 0 Å². The lowest BCUT2D eigenvalue weighted by Crippen LogP contribution is -2.50. The summed E-state index contributed by atoms with van der Waals surface area (Å²) in [6, 6.07) is 9.04. The molecule has 1 fully saturated rings. The molecule has 3 N–H and O–H groups in total. The summed E-state index contributed by atoms with van der Waals surface area (Å²) in [5.74, 6) is -0.368. The van der Waals surface area contributed by atoms with Gasteiger partial charge in [0, 0.05) is 27.1 Å². The van der Waals surface area contributed by atoms with E-state index in [9.17, 15) is 9.59 Å². The second-order valence-corrected chi connectivity index (χ2v) is 6.04. The van der Waals surface area contributed by atoms with E-state index in [-0.39, 0.29) is 30.3 Å². The van der Waals surface area contributed by atoms with Crippen LogP contribution in [0.5, 0.6) is 0 Å². The van der Waals surface area contributed by atoms with Gasteiger partial charge in [0.25, 0.3) is 0 Å². The van der Waals surface area contributed by atoms with Crippen LogP contribution in [-0.2, 0) is 20.7 Å². The maximum absolute atomic E-state index is 12.4. The Balaban J connectivity index is 0.00000288. The molecular weight excluding hydrogens is 330 g/mol. The molecule has 1 aromatic carbocycles. The molecule has 134 valence electrons. The number of carbonyl (C=O) groups is 2. The summed E-state index contributed by atoms with van der Waals surface area (Å²) in [5.41, 5.74) is 6.57. The third kappa shape index (κ3) is 5.47. The summed E-state index contributed by atoms with van der Waals surface area (Å²) in [5, 5.41) is 2.84. The number of nitrogens with one attached hydrogen (secondary N) is 1. The van der Waals surface area contributed by atoms with Crippen molar-refractivity contribution in [3.8, 4) is 0 Å². The number of nitrogens with zero attached hydrogens (tertiary/aromatic N) is 1. The zero-order valence-corrected chi connectivity index (χ0v) is 14.9. The molecule has 2 amide bonds. The number of hydrogen-bond acceptors (Lipinski definition) is 4. The average molecular weight is 356 g/mol. The molecule has 7 heteroatoms. The van der Waals surface area contributed by atoms with Crippen molar-refractivity contribution in [1.82, 2.24) is 10.2 Å². The lowest BCUT2D eigenvalue weighted by molar-refractivity contribution is -0.138. The lowest BCUT2D eigenvalue weighted by Gasteiger charge is -2.23. The number of nitrogens with two attached hydrogens (primary N) is 1. The van der Waals surface area contributed by atoms with Crippen molar-refractivity contribution in [3.63, 3.8) is 0 Å². The van der Waals surface area contributed by atoms with Gasteiger partial charge in [0.2, 0.25) is 11.8 Å². The van der Waals surface area contributed by atoms with Crippen LogP contribution in [0.3, 0.4) is 0 Å². The highest BCUT2D eigenvalue weighted by Crippen LogP contribution is 2.19. The highest BCUT2D eigenvalue weighted by molar-refractivity contribution is 5.89. The Morgan fingerprint density at radius 3 is 2.50 bits per heavy atom. The fourth-order valence-electron chi connectivity index (χ4n) is 2.70. The van der Waals surface area contributed by atoms with E-state index in [0.29, 0.717) is 19.4 Å². The molecule has 1 heterocycles. The molecule has 1 aromatic rings. The van der Waals surface area contributed by atoms with Gasteiger partial charge in [-0.1, -0.05) is 30.3 Å². The maximum Gasteiger partial charge on any atom is 0.249 e. The van der Waals surface area contributed by atoms with Crippen LogP contribution in [0.15, 0.2) is 30.3 Å². The summed E-state index contributed by atoms with van der Waals surface area (Å²) >= 11 is 0. The van der Waals surface area contributed by atoms with Gasteiger partial charge in [0.1, 0.15) is 12.1 Å². The Morgan fingerprint density at radius 1 is 1.29 bits per heavy atom. The molecule has 6 nitrogen and oxygen atoms in total. The molecule has 3 atom stereocenters. The number of ether oxygens (including phenoxy) is 1. The van der Waals surface area contributed by atoms with Gasteiger partial charge in [0.05, 0.1) is 6.10 Å². The van der Waals surface area contributed by atoms with Crippen LogP contribution < -0.4 is 11.1 Å². The van der Waals surface area contributed by atoms with E-state index in [2.05, 4.69) is 5.32 Å². The molecule has 0 bridgehead atoms. The molecular formula is C17H26ClN3O3. The van der Waals surface area contributed by atoms with Crippen molar-refractivity contribution in [2.45, 2.75) is 37.5 Å². The number of benzene rings is 1. The van der Waals surface area contributed by atoms with Crippen molar-refractivity contribution in [2.24, 2.45) is 5.73 Å². The summed E-state index contributed by atoms with van der Waals surface area (Å²) in [4.78, 5) is 26.2. The first-order valence-electron chi connectivity index (χ1n) is 7.92. The monoisotopic (exact) mass is 355 g/mol. The predicted molar refractivity (Wildman–Crippen MR) is 95.0 cm³/mol. The van der Waals surface area contributed by atoms with E-state index >= 15 is 0 Å². The first-order valence-corrected chi connectivity index (χ1v) is 7.92. The fraction of sp³-hybridized carbons (Fsp3) is 0.529. The van der Waals surface area contributed by atoms with Gasteiger partial charge in [-0.2, -0.15) is 0 Å². The minimum atomic E-state index is -0.597. The van der Waals surface area contributed by atoms with Crippen LogP contribution in [0.1, 0.15) is 18.4 Å². The molecule has 1 saturated heterocycles. The zero-order chi connectivity index (χ0) is 16.8. The number of hydrogen-bond donors (Lipinski definition) is 2. The smallest absolute Gasteiger partial charge is 0.249 e. The second-order valence-electron chi connectivity index (χ2n) is 6.04. The first-order chi connectivity index (χ1) is 11.0. The summed E-state index contributed by atoms with van der Waals surface area (Å²) in [6.07, 6.45) is 1.29. The van der Waals surface area contributed by atoms with E-state index in [0.717, 1.165) is 12.0 Å². The highest BCUT2D eigenvalue weighted by atomic mass is 35.5. The summed E-state index contributed by atoms with van der Waals surface area (Å²) in [6.45, 7) is 0.411. The third-order valence-electron chi connectivity index (χ3n) is 4.00. The molecule has 0 radical (unpaired) electrons. The SMILES string of the molecule is CN(C)C(=O)C(Cc1ccccc1)NC(=O)[C@@H]1CC[C@H](CN)O1.Cl. The largest absolute Gasteiger partial charge is 0.364 e. The van der Waals surface area contributed by atoms with E-state index < -0.39 is 12.1 Å². The van der Waals surface area contributed by atoms with Crippen molar-refractivity contribution < 1.29 is 14.3 Å². The molecule has 0 aliphatic carbocycles. The van der Waals surface area contributed by atoms with E-state index in [1.54, 1.807) is 14.1 Å². The number of carbonyl (C=O) groups excluding carboxylic acids is 2. The third-order valence-corrected chi connectivity index (χ3v) is 4.00. The molecule has 2 rings (SSSR count). The van der Waals surface area contributed by atoms with Crippen molar-refractivity contribution >= 4 is 24.2 Å². The predicted octanol–water partition coefficient (Wildman–Crippen LogP) is 0.730. The van der Waals surface area contributed by atoms with E-state index in [1.807, 2.05) is 30.3 Å². The van der Waals surface area contributed by atoms with Crippen LogP contribution in [0, 0.1) is 0 Å². The average Bonchev–Trinajstić information content (AvgIpc) is 3.03. The molecule has 24 heavy (non-hydrogen) atoms. The topological polar surface area (TPSA) is 84.7 Å². The number of rotatable bonds is 6. The lowest BCUT2D eigenvalue weighted by atomic mass is 10.0. The Kier molecular flexibility index (Phi) is 8.18. The molecule has 0 aromatic heterocycles. The van der Waals surface area contributed by atoms with Crippen LogP contribution in [0.2, 0.25) is 0 Å². The second kappa shape index (κ2) is 9.61. The number of halogens is 1. The van der Waals surface area contributed by atoms with Crippen LogP contribution in [-0.4, -0.2) is 55.6 Å². The normalized spacial score (nSPS) is 20.8. The molecule has 1 aliphatic heterocycles. The number of likely N-dealkylation sites (N-methyl/N-ethyl adjacent to an activating group) is 1. The van der Waals surface area contributed by atoms with Gasteiger partial charge in [-0.15, -0.1) is 12.4 Å². The van der Waals surface area contributed by atoms with E-state index in [1.165, 1.54) is 4.90 Å². The molecule has 1 aliphatic rings. The minimum Gasteiger partial charge on any atom is -0.364 e. The number of amides is 2. The molecule has 1 unspecified atom stereocenters. The Hall–Kier alpha value is -1.63. The molecule has 0 saturated carbocycles. The standard InChI is InChI=1S/C17H25N3O3.ClH/c1-20(2)17(22)14(10-12-6-4-3-5-7-12)19-16(21)15-9-8-13(11-18)23-15;/h3-7,13-15H,8-11,18H2,1-2H3,(H,19,21);1H/t13-,14?,15+;/m1./s1. The Labute approximate surface area is 149 Å². The van der Waals surface area contributed by atoms with Gasteiger partial charge in [-0.3, -0.25) is 9.59 Å². The quantitative estimate of drug-likeness (QED) is 0.788. The van der Waals surface area contributed by atoms with Gasteiger partial charge in [-0.25, -0.2) is 0 Å². The highest BCUT2D eigenvalue weighted by Gasteiger charge is 2.32. The Bertz CT molecular complexity index is 539. The van der Waals surface area contributed by atoms with Crippen molar-refractivity contribution in [2.75, 3.05) is 20.6 Å². The van der Waals surface area contributed by atoms with Crippen molar-refractivity contribution in [1.29, 1.82) is 0 Å². The maximum atomic E-state index is 12.4. The fourth-order valence-corrected chi connectivity index (χ4v) is 2.70. The Morgan fingerprint density at radius 2 is 1.96 bits per heavy atom. The van der Waals surface area contributed by atoms with Crippen molar-refractivity contribution in [3.05, 3.63) is 35.9 Å². The van der Waals surface area contributed by atoms with Crippen LogP contribution in [0.25, 0.3) is 0 Å². The first kappa shape index (κ1) is 20.4. The summed E-state index contributed by atoms with van der Waals surface area (Å²) in [7, 11) is 3.37. The van der Waals surface area contributed by atoms with Crippen LogP contribution >= 0.6 is 12.4 Å². The summed E-state index contributed by atoms with van der Waals surface area (Å²) < 4.78 is 5.60. The van der Waals surface area contributed by atoms with Gasteiger partial charge >= 0.3 is 0 Å². The van der Waals surface area contributed by atoms with Gasteiger partial charge in [-0.05, 0) is 18.4 Å². The zero-order valence-electron chi connectivity index (χ0n) is 14.1. The van der Waals surface area contributed by atoms with E-state index in [4.69, 9.17) is 10.5 Å². The van der Waals surface area contributed by atoms with Gasteiger partial charge in [0.15, 0.2) is 0 Å². The van der Waals surface area contributed by atoms with Gasteiger partial charge < -0.3 is 20.7 Å². The molecule has 0 spiro atoms. The minimum absolute atomic E-state index is 0.